The van der Waals surface area contributed by atoms with Crippen molar-refractivity contribution in [2.45, 2.75) is 13.3 Å². The molecule has 0 unspecified atom stereocenters. The molecule has 0 aliphatic heterocycles. The van der Waals surface area contributed by atoms with Crippen molar-refractivity contribution in [2.24, 2.45) is 0 Å². The third-order valence-corrected chi connectivity index (χ3v) is 2.54. The first kappa shape index (κ1) is 12.3. The van der Waals surface area contributed by atoms with Crippen LogP contribution in [0, 0.1) is 5.82 Å². The molecule has 0 aliphatic carbocycles. The van der Waals surface area contributed by atoms with Gasteiger partial charge in [-0.05, 0) is 25.1 Å². The van der Waals surface area contributed by atoms with Gasteiger partial charge in [0.25, 0.3) is 0 Å². The number of carbonyl (C=O) groups is 2. The predicted molar refractivity (Wildman–Crippen MR) is 63.8 cm³/mol. The minimum absolute atomic E-state index is 0.174. The zero-order chi connectivity index (χ0) is 13.1. The second kappa shape index (κ2) is 5.00. The maximum absolute atomic E-state index is 13.6. The molecule has 0 saturated carbocycles. The van der Waals surface area contributed by atoms with Gasteiger partial charge in [-0.3, -0.25) is 9.59 Å². The zero-order valence-electron chi connectivity index (χ0n) is 9.83. The monoisotopic (exact) mass is 249 g/mol. The summed E-state index contributed by atoms with van der Waals surface area (Å²) in [5.41, 5.74) is 0.523. The van der Waals surface area contributed by atoms with Crippen LogP contribution >= 0.6 is 0 Å². The summed E-state index contributed by atoms with van der Waals surface area (Å²) >= 11 is 0. The number of aromatic amines is 1. The highest BCUT2D eigenvalue weighted by molar-refractivity contribution is 6.07. The third kappa shape index (κ3) is 2.40. The van der Waals surface area contributed by atoms with Gasteiger partial charge in [0.15, 0.2) is 5.78 Å². The van der Waals surface area contributed by atoms with Gasteiger partial charge in [0.05, 0.1) is 12.1 Å². The lowest BCUT2D eigenvalue weighted by atomic mass is 10.1. The van der Waals surface area contributed by atoms with Crippen molar-refractivity contribution in [2.75, 3.05) is 6.61 Å². The highest BCUT2D eigenvalue weighted by atomic mass is 19.1. The smallest absolute Gasteiger partial charge is 0.313 e. The van der Waals surface area contributed by atoms with E-state index in [0.29, 0.717) is 10.9 Å². The number of halogens is 1. The molecular weight excluding hydrogens is 237 g/mol. The predicted octanol–water partition coefficient (Wildman–Crippen LogP) is 2.44. The van der Waals surface area contributed by atoms with Crippen LogP contribution in [-0.2, 0) is 9.53 Å². The molecule has 0 aliphatic rings. The van der Waals surface area contributed by atoms with Gasteiger partial charge in [-0.2, -0.15) is 0 Å². The SMILES string of the molecule is CCOC(=O)CC(=O)c1cc(F)c2[nH]ccc2c1. The molecule has 0 fully saturated rings. The number of aromatic nitrogens is 1. The highest BCUT2D eigenvalue weighted by Gasteiger charge is 2.15. The van der Waals surface area contributed by atoms with E-state index in [9.17, 15) is 14.0 Å². The highest BCUT2D eigenvalue weighted by Crippen LogP contribution is 2.19. The number of fused-ring (bicyclic) bond motifs is 1. The number of Topliss-reactive ketones (excluding diaryl/α,β-unsaturated/α-hetero) is 1. The van der Waals surface area contributed by atoms with Gasteiger partial charge >= 0.3 is 5.97 Å². The molecular formula is C13H12FNO3. The molecule has 0 saturated heterocycles. The van der Waals surface area contributed by atoms with E-state index in [0.717, 1.165) is 6.07 Å². The van der Waals surface area contributed by atoms with E-state index in [-0.39, 0.29) is 18.6 Å². The van der Waals surface area contributed by atoms with Gasteiger partial charge in [0.1, 0.15) is 12.2 Å². The topological polar surface area (TPSA) is 59.2 Å². The van der Waals surface area contributed by atoms with E-state index >= 15 is 0 Å². The van der Waals surface area contributed by atoms with Gasteiger partial charge in [-0.1, -0.05) is 0 Å². The zero-order valence-corrected chi connectivity index (χ0v) is 9.83. The molecule has 94 valence electrons. The molecule has 18 heavy (non-hydrogen) atoms. The Hall–Kier alpha value is -2.17. The van der Waals surface area contributed by atoms with Crippen LogP contribution in [0.2, 0.25) is 0 Å². The molecule has 0 radical (unpaired) electrons. The number of esters is 1. The van der Waals surface area contributed by atoms with Crippen molar-refractivity contribution in [3.8, 4) is 0 Å². The van der Waals surface area contributed by atoms with E-state index in [1.807, 2.05) is 0 Å². The summed E-state index contributed by atoms with van der Waals surface area (Å²) in [6.45, 7) is 1.88. The number of ketones is 1. The first-order chi connectivity index (χ1) is 8.61. The van der Waals surface area contributed by atoms with Crippen LogP contribution in [0.1, 0.15) is 23.7 Å². The largest absolute Gasteiger partial charge is 0.466 e. The molecule has 1 aromatic carbocycles. The Labute approximate surface area is 103 Å². The Balaban J connectivity index is 2.25. The maximum atomic E-state index is 13.6. The lowest BCUT2D eigenvalue weighted by molar-refractivity contribution is -0.141. The summed E-state index contributed by atoms with van der Waals surface area (Å²) in [6, 6.07) is 4.34. The molecule has 0 bridgehead atoms. The maximum Gasteiger partial charge on any atom is 0.313 e. The van der Waals surface area contributed by atoms with Crippen LogP contribution in [0.25, 0.3) is 10.9 Å². The Morgan fingerprint density at radius 3 is 2.89 bits per heavy atom. The van der Waals surface area contributed by atoms with Crippen molar-refractivity contribution in [3.63, 3.8) is 0 Å². The fourth-order valence-electron chi connectivity index (χ4n) is 1.73. The molecule has 0 spiro atoms. The Kier molecular flexibility index (Phi) is 3.41. The molecule has 1 N–H and O–H groups in total. The van der Waals surface area contributed by atoms with Crippen molar-refractivity contribution < 1.29 is 18.7 Å². The number of rotatable bonds is 4. The number of hydrogen-bond acceptors (Lipinski definition) is 3. The van der Waals surface area contributed by atoms with Crippen LogP contribution < -0.4 is 0 Å². The second-order valence-electron chi connectivity index (χ2n) is 3.80. The average molecular weight is 249 g/mol. The molecule has 2 rings (SSSR count). The molecule has 4 nitrogen and oxygen atoms in total. The first-order valence-corrected chi connectivity index (χ1v) is 5.57. The third-order valence-electron chi connectivity index (χ3n) is 2.54. The van der Waals surface area contributed by atoms with E-state index in [1.165, 1.54) is 0 Å². The number of H-pyrrole nitrogens is 1. The number of carbonyl (C=O) groups excluding carboxylic acids is 2. The first-order valence-electron chi connectivity index (χ1n) is 5.57. The molecule has 5 heteroatoms. The summed E-state index contributed by atoms with van der Waals surface area (Å²) in [4.78, 5) is 25.7. The number of hydrogen-bond donors (Lipinski definition) is 1. The summed E-state index contributed by atoms with van der Waals surface area (Å²) in [5, 5.41) is 0.599. The van der Waals surface area contributed by atoms with Crippen LogP contribution in [0.15, 0.2) is 24.4 Å². The van der Waals surface area contributed by atoms with Crippen molar-refractivity contribution in [3.05, 3.63) is 35.8 Å². The van der Waals surface area contributed by atoms with E-state index < -0.39 is 17.6 Å². The molecule has 0 atom stereocenters. The fourth-order valence-corrected chi connectivity index (χ4v) is 1.73. The minimum Gasteiger partial charge on any atom is -0.466 e. The van der Waals surface area contributed by atoms with E-state index in [1.54, 1.807) is 25.3 Å². The Morgan fingerprint density at radius 2 is 2.17 bits per heavy atom. The average Bonchev–Trinajstić information content (AvgIpc) is 2.77. The van der Waals surface area contributed by atoms with E-state index in [4.69, 9.17) is 0 Å². The molecule has 2 aromatic rings. The normalized spacial score (nSPS) is 10.6. The van der Waals surface area contributed by atoms with Crippen LogP contribution in [-0.4, -0.2) is 23.3 Å². The van der Waals surface area contributed by atoms with Gasteiger partial charge < -0.3 is 9.72 Å². The summed E-state index contributed by atoms with van der Waals surface area (Å²) in [7, 11) is 0. The Morgan fingerprint density at radius 1 is 1.39 bits per heavy atom. The minimum atomic E-state index is -0.600. The van der Waals surface area contributed by atoms with Gasteiger partial charge in [0.2, 0.25) is 0 Å². The molecule has 0 amide bonds. The quantitative estimate of drug-likeness (QED) is 0.514. The van der Waals surface area contributed by atoms with Crippen LogP contribution in [0.4, 0.5) is 4.39 Å². The van der Waals surface area contributed by atoms with Crippen molar-refractivity contribution >= 4 is 22.7 Å². The Bertz CT molecular complexity index is 603. The lowest BCUT2D eigenvalue weighted by Gasteiger charge is -2.03. The lowest BCUT2D eigenvalue weighted by Crippen LogP contribution is -2.11. The van der Waals surface area contributed by atoms with Crippen LogP contribution in [0.5, 0.6) is 0 Å². The number of nitrogens with one attached hydrogen (secondary N) is 1. The van der Waals surface area contributed by atoms with Gasteiger partial charge in [0, 0.05) is 17.1 Å². The van der Waals surface area contributed by atoms with E-state index in [2.05, 4.69) is 9.72 Å². The van der Waals surface area contributed by atoms with Crippen molar-refractivity contribution in [1.29, 1.82) is 0 Å². The molecule has 1 heterocycles. The second-order valence-corrected chi connectivity index (χ2v) is 3.80. The summed E-state index contributed by atoms with van der Waals surface area (Å²) < 4.78 is 18.3. The van der Waals surface area contributed by atoms with Crippen molar-refractivity contribution in [1.82, 2.24) is 4.98 Å². The van der Waals surface area contributed by atoms with Crippen LogP contribution in [0.3, 0.4) is 0 Å². The standard InChI is InChI=1S/C13H12FNO3/c1-2-18-12(17)7-11(16)9-5-8-3-4-15-13(8)10(14)6-9/h3-6,15H,2,7H2,1H3. The van der Waals surface area contributed by atoms with Gasteiger partial charge in [-0.15, -0.1) is 0 Å². The summed E-state index contributed by atoms with van der Waals surface area (Å²) in [5.74, 6) is -1.56. The number of ether oxygens (including phenoxy) is 1. The number of benzene rings is 1. The fraction of sp³-hybridized carbons (Fsp3) is 0.231. The molecule has 1 aromatic heterocycles. The summed E-state index contributed by atoms with van der Waals surface area (Å²) in [6.07, 6.45) is 1.22. The van der Waals surface area contributed by atoms with Gasteiger partial charge in [-0.25, -0.2) is 4.39 Å².